The van der Waals surface area contributed by atoms with Gasteiger partial charge in [0.2, 0.25) is 11.8 Å². The molecular formula is C24H28N4O2. The van der Waals surface area contributed by atoms with Gasteiger partial charge in [-0.05, 0) is 31.0 Å². The summed E-state index contributed by atoms with van der Waals surface area (Å²) in [6, 6.07) is 16.0. The first kappa shape index (κ1) is 20.3. The maximum Gasteiger partial charge on any atom is 0.238 e. The molecule has 2 heterocycles. The van der Waals surface area contributed by atoms with Crippen LogP contribution in [0.1, 0.15) is 17.0 Å². The van der Waals surface area contributed by atoms with E-state index in [1.807, 2.05) is 49.4 Å². The Morgan fingerprint density at radius 2 is 1.73 bits per heavy atom. The van der Waals surface area contributed by atoms with Crippen molar-refractivity contribution in [2.75, 3.05) is 38.0 Å². The number of anilines is 1. The monoisotopic (exact) mass is 404 g/mol. The number of aryl methyl sites for hydroxylation is 1. The predicted octanol–water partition coefficient (Wildman–Crippen LogP) is 3.71. The van der Waals surface area contributed by atoms with E-state index >= 15 is 0 Å². The standard InChI is InChI=1S/C24H28N4O2/c1-18-7-6-10-21(19(18)2)26-23(29)16-27-11-13-28(14-12-27)17-24-25-15-22(30-24)20-8-4-3-5-9-20/h3-10,15H,11-14,16-17H2,1-2H3,(H,26,29). The van der Waals surface area contributed by atoms with Crippen LogP contribution in [0.3, 0.4) is 0 Å². The van der Waals surface area contributed by atoms with Crippen molar-refractivity contribution in [1.82, 2.24) is 14.8 Å². The molecule has 0 bridgehead atoms. The Kier molecular flexibility index (Phi) is 6.26. The van der Waals surface area contributed by atoms with Crippen LogP contribution >= 0.6 is 0 Å². The van der Waals surface area contributed by atoms with Crippen LogP contribution < -0.4 is 5.32 Å². The zero-order valence-electron chi connectivity index (χ0n) is 17.6. The van der Waals surface area contributed by atoms with E-state index in [2.05, 4.69) is 33.1 Å². The molecule has 0 radical (unpaired) electrons. The summed E-state index contributed by atoms with van der Waals surface area (Å²) in [5.74, 6) is 1.57. The molecule has 3 aromatic rings. The number of oxazole rings is 1. The average Bonchev–Trinajstić information content (AvgIpc) is 3.22. The molecule has 6 heteroatoms. The molecule has 1 aromatic heterocycles. The van der Waals surface area contributed by atoms with E-state index in [0.29, 0.717) is 13.1 Å². The molecule has 0 unspecified atom stereocenters. The molecular weight excluding hydrogens is 376 g/mol. The van der Waals surface area contributed by atoms with E-state index < -0.39 is 0 Å². The smallest absolute Gasteiger partial charge is 0.238 e. The normalized spacial score (nSPS) is 15.3. The van der Waals surface area contributed by atoms with Gasteiger partial charge in [0.05, 0.1) is 19.3 Å². The van der Waals surface area contributed by atoms with Gasteiger partial charge in [-0.2, -0.15) is 0 Å². The van der Waals surface area contributed by atoms with Crippen LogP contribution in [0.15, 0.2) is 59.1 Å². The molecule has 6 nitrogen and oxygen atoms in total. The van der Waals surface area contributed by atoms with Crippen molar-refractivity contribution in [3.8, 4) is 11.3 Å². The van der Waals surface area contributed by atoms with Gasteiger partial charge in [0.1, 0.15) is 0 Å². The van der Waals surface area contributed by atoms with Crippen molar-refractivity contribution in [2.45, 2.75) is 20.4 Å². The number of carbonyl (C=O) groups is 1. The second kappa shape index (κ2) is 9.24. The van der Waals surface area contributed by atoms with Gasteiger partial charge in [-0.25, -0.2) is 4.98 Å². The van der Waals surface area contributed by atoms with Crippen molar-refractivity contribution in [3.05, 3.63) is 71.7 Å². The lowest BCUT2D eigenvalue weighted by atomic mass is 10.1. The maximum atomic E-state index is 12.5. The minimum atomic E-state index is 0.0392. The van der Waals surface area contributed by atoms with E-state index in [9.17, 15) is 4.79 Å². The first-order valence-corrected chi connectivity index (χ1v) is 10.4. The molecule has 0 aliphatic carbocycles. The van der Waals surface area contributed by atoms with Gasteiger partial charge in [-0.15, -0.1) is 0 Å². The lowest BCUT2D eigenvalue weighted by Gasteiger charge is -2.33. The Bertz CT molecular complexity index is 991. The molecule has 2 aromatic carbocycles. The molecule has 1 saturated heterocycles. The summed E-state index contributed by atoms with van der Waals surface area (Å²) in [7, 11) is 0. The molecule has 4 rings (SSSR count). The third-order valence-electron chi connectivity index (χ3n) is 5.68. The third kappa shape index (κ3) is 4.96. The number of rotatable bonds is 6. The summed E-state index contributed by atoms with van der Waals surface area (Å²) in [6.07, 6.45) is 1.79. The van der Waals surface area contributed by atoms with Crippen molar-refractivity contribution in [2.24, 2.45) is 0 Å². The maximum absolute atomic E-state index is 12.5. The summed E-state index contributed by atoms with van der Waals surface area (Å²) in [5.41, 5.74) is 4.24. The summed E-state index contributed by atoms with van der Waals surface area (Å²) < 4.78 is 5.92. The number of carbonyl (C=O) groups excluding carboxylic acids is 1. The molecule has 1 fully saturated rings. The Balaban J connectivity index is 1.25. The predicted molar refractivity (Wildman–Crippen MR) is 118 cm³/mol. The van der Waals surface area contributed by atoms with Crippen molar-refractivity contribution < 1.29 is 9.21 Å². The Morgan fingerprint density at radius 3 is 2.50 bits per heavy atom. The topological polar surface area (TPSA) is 61.6 Å². The number of aromatic nitrogens is 1. The van der Waals surface area contributed by atoms with Gasteiger partial charge < -0.3 is 9.73 Å². The number of nitrogens with one attached hydrogen (secondary N) is 1. The molecule has 0 spiro atoms. The first-order chi connectivity index (χ1) is 14.6. The number of nitrogens with zero attached hydrogens (tertiary/aromatic N) is 3. The highest BCUT2D eigenvalue weighted by Crippen LogP contribution is 2.21. The summed E-state index contributed by atoms with van der Waals surface area (Å²) in [4.78, 5) is 21.4. The van der Waals surface area contributed by atoms with E-state index in [1.165, 1.54) is 5.56 Å². The zero-order chi connectivity index (χ0) is 20.9. The largest absolute Gasteiger partial charge is 0.439 e. The van der Waals surface area contributed by atoms with Gasteiger partial charge in [0.15, 0.2) is 5.76 Å². The Morgan fingerprint density at radius 1 is 1.00 bits per heavy atom. The number of benzene rings is 2. The van der Waals surface area contributed by atoms with Crippen molar-refractivity contribution in [1.29, 1.82) is 0 Å². The fraction of sp³-hybridized carbons (Fsp3) is 0.333. The molecule has 1 aliphatic rings. The highest BCUT2D eigenvalue weighted by molar-refractivity contribution is 5.93. The Hall–Kier alpha value is -2.96. The number of amides is 1. The van der Waals surface area contributed by atoms with E-state index in [1.54, 1.807) is 6.20 Å². The molecule has 30 heavy (non-hydrogen) atoms. The lowest BCUT2D eigenvalue weighted by Crippen LogP contribution is -2.48. The number of hydrogen-bond donors (Lipinski definition) is 1. The van der Waals surface area contributed by atoms with Gasteiger partial charge >= 0.3 is 0 Å². The lowest BCUT2D eigenvalue weighted by molar-refractivity contribution is -0.117. The summed E-state index contributed by atoms with van der Waals surface area (Å²) in [6.45, 7) is 8.68. The third-order valence-corrected chi connectivity index (χ3v) is 5.68. The van der Waals surface area contributed by atoms with Gasteiger partial charge in [-0.1, -0.05) is 42.5 Å². The minimum absolute atomic E-state index is 0.0392. The molecule has 1 N–H and O–H groups in total. The van der Waals surface area contributed by atoms with Crippen molar-refractivity contribution >= 4 is 11.6 Å². The summed E-state index contributed by atoms with van der Waals surface area (Å²) in [5, 5.41) is 3.05. The second-order valence-corrected chi connectivity index (χ2v) is 7.83. The van der Waals surface area contributed by atoms with E-state index in [-0.39, 0.29) is 5.91 Å². The zero-order valence-corrected chi connectivity index (χ0v) is 17.6. The van der Waals surface area contributed by atoms with Crippen LogP contribution in [0.2, 0.25) is 0 Å². The average molecular weight is 405 g/mol. The molecule has 1 amide bonds. The highest BCUT2D eigenvalue weighted by atomic mass is 16.4. The quantitative estimate of drug-likeness (QED) is 0.679. The Labute approximate surface area is 177 Å². The van der Waals surface area contributed by atoms with Crippen LogP contribution in [0, 0.1) is 13.8 Å². The van der Waals surface area contributed by atoms with Crippen LogP contribution in [-0.2, 0) is 11.3 Å². The van der Waals surface area contributed by atoms with Crippen molar-refractivity contribution in [3.63, 3.8) is 0 Å². The minimum Gasteiger partial charge on any atom is -0.439 e. The number of hydrogen-bond acceptors (Lipinski definition) is 5. The highest BCUT2D eigenvalue weighted by Gasteiger charge is 2.21. The molecule has 1 aliphatic heterocycles. The second-order valence-electron chi connectivity index (χ2n) is 7.83. The van der Waals surface area contributed by atoms with E-state index in [4.69, 9.17) is 4.42 Å². The van der Waals surface area contributed by atoms with Crippen LogP contribution in [0.5, 0.6) is 0 Å². The molecule has 156 valence electrons. The van der Waals surface area contributed by atoms with Crippen LogP contribution in [0.4, 0.5) is 5.69 Å². The van der Waals surface area contributed by atoms with Gasteiger partial charge in [0.25, 0.3) is 0 Å². The molecule has 0 saturated carbocycles. The van der Waals surface area contributed by atoms with Crippen LogP contribution in [-0.4, -0.2) is 53.4 Å². The van der Waals surface area contributed by atoms with Crippen LogP contribution in [0.25, 0.3) is 11.3 Å². The van der Waals surface area contributed by atoms with E-state index in [0.717, 1.165) is 54.6 Å². The summed E-state index contributed by atoms with van der Waals surface area (Å²) >= 11 is 0. The molecule has 0 atom stereocenters. The fourth-order valence-electron chi connectivity index (χ4n) is 3.70. The first-order valence-electron chi connectivity index (χ1n) is 10.4. The fourth-order valence-corrected chi connectivity index (χ4v) is 3.70. The number of piperazine rings is 1. The SMILES string of the molecule is Cc1cccc(NC(=O)CN2CCN(Cc3ncc(-c4ccccc4)o3)CC2)c1C. The van der Waals surface area contributed by atoms with Gasteiger partial charge in [-0.3, -0.25) is 14.6 Å². The van der Waals surface area contributed by atoms with Gasteiger partial charge in [0, 0.05) is 37.4 Å².